The molecule has 0 aliphatic heterocycles. The molecule has 0 saturated heterocycles. The summed E-state index contributed by atoms with van der Waals surface area (Å²) in [5.41, 5.74) is 0. The molecule has 0 aromatic carbocycles. The average molecular weight is 828 g/mol. The first-order valence-corrected chi connectivity index (χ1v) is 25.4. The summed E-state index contributed by atoms with van der Waals surface area (Å²) >= 11 is 0. The van der Waals surface area contributed by atoms with E-state index in [0.29, 0.717) is 19.3 Å². The SMILES string of the molecule is CC/C=C/C=C/C=C/CCCCCCCCCC(=O)OC(CCC/C=C\CCCCCCCCC)CC(=O)NC(CO)C(O)CCCCCCCCCCCCCCC. The fourth-order valence-electron chi connectivity index (χ4n) is 7.61. The van der Waals surface area contributed by atoms with Crippen LogP contribution >= 0.6 is 0 Å². The van der Waals surface area contributed by atoms with E-state index in [0.717, 1.165) is 70.6 Å². The van der Waals surface area contributed by atoms with Gasteiger partial charge < -0.3 is 20.3 Å². The number of hydrogen-bond donors (Lipinski definition) is 3. The van der Waals surface area contributed by atoms with Crippen LogP contribution in [0.15, 0.2) is 48.6 Å². The van der Waals surface area contributed by atoms with Gasteiger partial charge in [0.15, 0.2) is 0 Å². The Balaban J connectivity index is 4.59. The van der Waals surface area contributed by atoms with Crippen LogP contribution in [0.5, 0.6) is 0 Å². The van der Waals surface area contributed by atoms with Gasteiger partial charge in [-0.25, -0.2) is 0 Å². The molecule has 0 aliphatic rings. The predicted molar refractivity (Wildman–Crippen MR) is 255 cm³/mol. The maximum absolute atomic E-state index is 13.2. The molecule has 0 saturated carbocycles. The molecule has 3 unspecified atom stereocenters. The maximum atomic E-state index is 13.2. The summed E-state index contributed by atoms with van der Waals surface area (Å²) in [4.78, 5) is 26.1. The van der Waals surface area contributed by atoms with E-state index in [9.17, 15) is 19.8 Å². The highest BCUT2D eigenvalue weighted by molar-refractivity contribution is 5.77. The lowest BCUT2D eigenvalue weighted by molar-refractivity contribution is -0.151. The Hall–Kier alpha value is -2.18. The van der Waals surface area contributed by atoms with Gasteiger partial charge in [0.25, 0.3) is 0 Å². The van der Waals surface area contributed by atoms with Crippen LogP contribution in [-0.2, 0) is 14.3 Å². The van der Waals surface area contributed by atoms with Crippen molar-refractivity contribution in [2.75, 3.05) is 6.61 Å². The first kappa shape index (κ1) is 56.8. The van der Waals surface area contributed by atoms with Crippen LogP contribution in [0.1, 0.15) is 252 Å². The van der Waals surface area contributed by atoms with E-state index in [4.69, 9.17) is 4.74 Å². The van der Waals surface area contributed by atoms with E-state index in [1.807, 2.05) is 0 Å². The number of amides is 1. The molecule has 0 aromatic rings. The summed E-state index contributed by atoms with van der Waals surface area (Å²) in [5.74, 6) is -0.513. The van der Waals surface area contributed by atoms with Crippen molar-refractivity contribution in [1.29, 1.82) is 0 Å². The fraction of sp³-hybridized carbons (Fsp3) is 0.811. The molecule has 0 bridgehead atoms. The van der Waals surface area contributed by atoms with Crippen LogP contribution in [0.2, 0.25) is 0 Å². The number of carbonyl (C=O) groups excluding carboxylic acids is 2. The van der Waals surface area contributed by atoms with Crippen LogP contribution in [0.3, 0.4) is 0 Å². The molecule has 0 aromatic heterocycles. The van der Waals surface area contributed by atoms with E-state index >= 15 is 0 Å². The average Bonchev–Trinajstić information content (AvgIpc) is 3.23. The highest BCUT2D eigenvalue weighted by Crippen LogP contribution is 2.17. The van der Waals surface area contributed by atoms with Gasteiger partial charge in [0, 0.05) is 6.42 Å². The van der Waals surface area contributed by atoms with E-state index in [1.165, 1.54) is 135 Å². The Morgan fingerprint density at radius 1 is 0.508 bits per heavy atom. The normalized spacial score (nSPS) is 13.6. The van der Waals surface area contributed by atoms with Crippen molar-refractivity contribution in [2.24, 2.45) is 0 Å². The number of rotatable bonds is 45. The summed E-state index contributed by atoms with van der Waals surface area (Å²) in [6.07, 6.45) is 56.0. The third-order valence-corrected chi connectivity index (χ3v) is 11.5. The third-order valence-electron chi connectivity index (χ3n) is 11.5. The Kier molecular flexibility index (Phi) is 45.1. The molecule has 0 rings (SSSR count). The summed E-state index contributed by atoms with van der Waals surface area (Å²) in [5, 5.41) is 23.7. The smallest absolute Gasteiger partial charge is 0.306 e. The molecule has 1 amide bonds. The number of ether oxygens (including phenoxy) is 1. The van der Waals surface area contributed by atoms with Gasteiger partial charge in [-0.2, -0.15) is 0 Å². The fourth-order valence-corrected chi connectivity index (χ4v) is 7.61. The number of hydrogen-bond acceptors (Lipinski definition) is 5. The van der Waals surface area contributed by atoms with Crippen molar-refractivity contribution < 1.29 is 24.5 Å². The lowest BCUT2D eigenvalue weighted by Gasteiger charge is -2.24. The van der Waals surface area contributed by atoms with E-state index in [2.05, 4.69) is 74.7 Å². The summed E-state index contributed by atoms with van der Waals surface area (Å²) in [6, 6.07) is -0.711. The second-order valence-electron chi connectivity index (χ2n) is 17.2. The molecule has 344 valence electrons. The molecule has 3 N–H and O–H groups in total. The maximum Gasteiger partial charge on any atom is 0.306 e. The predicted octanol–water partition coefficient (Wildman–Crippen LogP) is 15.1. The Morgan fingerprint density at radius 3 is 1.46 bits per heavy atom. The zero-order chi connectivity index (χ0) is 43.1. The van der Waals surface area contributed by atoms with Gasteiger partial charge >= 0.3 is 5.97 Å². The number of esters is 1. The van der Waals surface area contributed by atoms with Crippen LogP contribution in [0.25, 0.3) is 0 Å². The van der Waals surface area contributed by atoms with Crippen molar-refractivity contribution in [1.82, 2.24) is 5.32 Å². The molecule has 0 aliphatic carbocycles. The van der Waals surface area contributed by atoms with Gasteiger partial charge in [0.05, 0.1) is 25.2 Å². The lowest BCUT2D eigenvalue weighted by atomic mass is 10.0. The minimum atomic E-state index is -0.795. The number of unbranched alkanes of at least 4 members (excludes halogenated alkanes) is 27. The molecule has 6 heteroatoms. The molecular weight excluding hydrogens is 731 g/mol. The first-order valence-electron chi connectivity index (χ1n) is 25.4. The Bertz CT molecular complexity index is 1020. The Morgan fingerprint density at radius 2 is 0.949 bits per heavy atom. The highest BCUT2D eigenvalue weighted by atomic mass is 16.5. The number of allylic oxidation sites excluding steroid dienone is 8. The van der Waals surface area contributed by atoms with Crippen molar-refractivity contribution in [3.05, 3.63) is 48.6 Å². The van der Waals surface area contributed by atoms with Gasteiger partial charge in [0.2, 0.25) is 5.91 Å². The second-order valence-corrected chi connectivity index (χ2v) is 17.2. The summed E-state index contributed by atoms with van der Waals surface area (Å²) in [6.45, 7) is 6.34. The minimum Gasteiger partial charge on any atom is -0.462 e. The largest absolute Gasteiger partial charge is 0.462 e. The molecule has 0 spiro atoms. The monoisotopic (exact) mass is 828 g/mol. The van der Waals surface area contributed by atoms with Gasteiger partial charge in [0.1, 0.15) is 6.10 Å². The highest BCUT2D eigenvalue weighted by Gasteiger charge is 2.24. The zero-order valence-electron chi connectivity index (χ0n) is 39.1. The van der Waals surface area contributed by atoms with Crippen molar-refractivity contribution in [3.63, 3.8) is 0 Å². The third kappa shape index (κ3) is 42.3. The molecule has 0 fully saturated rings. The summed E-state index contributed by atoms with van der Waals surface area (Å²) in [7, 11) is 0. The van der Waals surface area contributed by atoms with Gasteiger partial charge in [-0.05, 0) is 64.2 Å². The van der Waals surface area contributed by atoms with Gasteiger partial charge in [-0.1, -0.05) is 223 Å². The number of carbonyl (C=O) groups is 2. The molecule has 3 atom stereocenters. The number of nitrogens with one attached hydrogen (secondary N) is 1. The molecule has 6 nitrogen and oxygen atoms in total. The van der Waals surface area contributed by atoms with Gasteiger partial charge in [-0.3, -0.25) is 9.59 Å². The first-order chi connectivity index (χ1) is 29.0. The van der Waals surface area contributed by atoms with Crippen molar-refractivity contribution in [3.8, 4) is 0 Å². The quantitative estimate of drug-likeness (QED) is 0.0246. The Labute approximate surface area is 366 Å². The van der Waals surface area contributed by atoms with E-state index in [-0.39, 0.29) is 24.9 Å². The molecule has 0 radical (unpaired) electrons. The molecule has 59 heavy (non-hydrogen) atoms. The van der Waals surface area contributed by atoms with Crippen LogP contribution in [0, 0.1) is 0 Å². The zero-order valence-corrected chi connectivity index (χ0v) is 39.1. The minimum absolute atomic E-state index is 0.0524. The lowest BCUT2D eigenvalue weighted by Crippen LogP contribution is -2.46. The number of aliphatic hydroxyl groups excluding tert-OH is 2. The standard InChI is InChI=1S/C53H97NO5/c1-4-7-10-13-16-19-22-25-26-28-31-34-37-40-43-46-53(58)59-49(44-41-38-35-32-29-24-21-18-15-12-9-6-3)47-52(57)54-50(48-55)51(56)45-42-39-36-33-30-27-23-20-17-14-11-8-5-2/h7,10,13,16,19,22,32,35,49-51,55-56H,4-6,8-9,11-12,14-15,17-18,20-21,23-31,33-34,36-48H2,1-3H3,(H,54,57)/b10-7+,16-13+,22-19+,35-32-. The van der Waals surface area contributed by atoms with Crippen LogP contribution in [-0.4, -0.2) is 46.9 Å². The number of aliphatic hydroxyl groups is 2. The van der Waals surface area contributed by atoms with Crippen LogP contribution in [0.4, 0.5) is 0 Å². The molecular formula is C53H97NO5. The topological polar surface area (TPSA) is 95.9 Å². The van der Waals surface area contributed by atoms with E-state index < -0.39 is 18.2 Å². The van der Waals surface area contributed by atoms with Gasteiger partial charge in [-0.15, -0.1) is 0 Å². The molecule has 0 heterocycles. The second kappa shape index (κ2) is 46.9. The van der Waals surface area contributed by atoms with Crippen molar-refractivity contribution >= 4 is 11.9 Å². The van der Waals surface area contributed by atoms with E-state index in [1.54, 1.807) is 0 Å². The van der Waals surface area contributed by atoms with Crippen LogP contribution < -0.4 is 5.32 Å². The van der Waals surface area contributed by atoms with Crippen molar-refractivity contribution in [2.45, 2.75) is 270 Å². The summed E-state index contributed by atoms with van der Waals surface area (Å²) < 4.78 is 5.91.